The molecule has 0 bridgehead atoms. The monoisotopic (exact) mass is 241 g/mol. The standard InChI is InChI=1S/C11H16ClN3O/c1-2-13-10-5-9(6-15-11(10)12)16-7-8-3-4-14-8/h5-6,8,13-14H,2-4,7H2,1H3/t8-/m0/s1. The average Bonchev–Trinajstić information content (AvgIpc) is 2.21. The molecule has 2 rings (SSSR count). The Morgan fingerprint density at radius 3 is 3.12 bits per heavy atom. The number of pyridine rings is 1. The first-order valence-corrected chi connectivity index (χ1v) is 5.93. The van der Waals surface area contributed by atoms with Gasteiger partial charge in [0.05, 0.1) is 11.9 Å². The first-order chi connectivity index (χ1) is 7.79. The summed E-state index contributed by atoms with van der Waals surface area (Å²) >= 11 is 5.93. The second-order valence-corrected chi connectivity index (χ2v) is 4.15. The summed E-state index contributed by atoms with van der Waals surface area (Å²) < 4.78 is 5.63. The van der Waals surface area contributed by atoms with Gasteiger partial charge in [0, 0.05) is 18.7 Å². The number of hydrogen-bond donors (Lipinski definition) is 2. The molecule has 0 aliphatic carbocycles. The van der Waals surface area contributed by atoms with Crippen LogP contribution >= 0.6 is 11.6 Å². The Bertz CT molecular complexity index is 355. The van der Waals surface area contributed by atoms with E-state index in [9.17, 15) is 0 Å². The number of aromatic nitrogens is 1. The zero-order valence-corrected chi connectivity index (χ0v) is 10.0. The van der Waals surface area contributed by atoms with Gasteiger partial charge in [-0.1, -0.05) is 11.6 Å². The minimum Gasteiger partial charge on any atom is -0.490 e. The summed E-state index contributed by atoms with van der Waals surface area (Å²) in [6, 6.07) is 2.37. The van der Waals surface area contributed by atoms with Gasteiger partial charge in [-0.15, -0.1) is 0 Å². The molecule has 1 aromatic heterocycles. The van der Waals surface area contributed by atoms with Crippen molar-refractivity contribution in [2.75, 3.05) is 25.0 Å². The first-order valence-electron chi connectivity index (χ1n) is 5.55. The van der Waals surface area contributed by atoms with Gasteiger partial charge in [0.2, 0.25) is 0 Å². The van der Waals surface area contributed by atoms with E-state index >= 15 is 0 Å². The van der Waals surface area contributed by atoms with Crippen LogP contribution in [0.3, 0.4) is 0 Å². The third-order valence-corrected chi connectivity index (χ3v) is 2.86. The van der Waals surface area contributed by atoms with Crippen LogP contribution in [-0.2, 0) is 0 Å². The molecule has 1 aliphatic heterocycles. The molecular formula is C11H16ClN3O. The van der Waals surface area contributed by atoms with E-state index in [1.54, 1.807) is 6.20 Å². The topological polar surface area (TPSA) is 46.2 Å². The van der Waals surface area contributed by atoms with Crippen LogP contribution < -0.4 is 15.4 Å². The Hall–Kier alpha value is -1.00. The lowest BCUT2D eigenvalue weighted by Crippen LogP contribution is -2.46. The molecule has 0 amide bonds. The van der Waals surface area contributed by atoms with E-state index in [-0.39, 0.29) is 0 Å². The van der Waals surface area contributed by atoms with Crippen LogP contribution in [0.5, 0.6) is 5.75 Å². The maximum absolute atomic E-state index is 5.93. The van der Waals surface area contributed by atoms with Gasteiger partial charge in [-0.3, -0.25) is 0 Å². The van der Waals surface area contributed by atoms with Crippen molar-refractivity contribution >= 4 is 17.3 Å². The van der Waals surface area contributed by atoms with Crippen LogP contribution in [0.1, 0.15) is 13.3 Å². The van der Waals surface area contributed by atoms with Gasteiger partial charge in [0.15, 0.2) is 5.15 Å². The Morgan fingerprint density at radius 2 is 2.50 bits per heavy atom. The van der Waals surface area contributed by atoms with Gasteiger partial charge >= 0.3 is 0 Å². The van der Waals surface area contributed by atoms with Gasteiger partial charge in [-0.25, -0.2) is 4.98 Å². The molecule has 1 aromatic rings. The lowest BCUT2D eigenvalue weighted by Gasteiger charge is -2.27. The molecule has 0 unspecified atom stereocenters. The fourth-order valence-corrected chi connectivity index (χ4v) is 1.68. The van der Waals surface area contributed by atoms with Gasteiger partial charge in [-0.2, -0.15) is 0 Å². The predicted molar refractivity (Wildman–Crippen MR) is 65.3 cm³/mol. The molecular weight excluding hydrogens is 226 g/mol. The van der Waals surface area contributed by atoms with E-state index in [4.69, 9.17) is 16.3 Å². The van der Waals surface area contributed by atoms with Crippen LogP contribution in [0, 0.1) is 0 Å². The van der Waals surface area contributed by atoms with Crippen molar-refractivity contribution in [1.29, 1.82) is 0 Å². The molecule has 5 heteroatoms. The summed E-state index contributed by atoms with van der Waals surface area (Å²) in [5.74, 6) is 0.758. The molecule has 4 nitrogen and oxygen atoms in total. The van der Waals surface area contributed by atoms with E-state index in [0.717, 1.165) is 24.5 Å². The highest BCUT2D eigenvalue weighted by atomic mass is 35.5. The molecule has 0 spiro atoms. The van der Waals surface area contributed by atoms with Crippen LogP contribution in [0.15, 0.2) is 12.3 Å². The van der Waals surface area contributed by atoms with E-state index in [0.29, 0.717) is 17.8 Å². The summed E-state index contributed by atoms with van der Waals surface area (Å²) in [6.45, 7) is 4.61. The van der Waals surface area contributed by atoms with E-state index < -0.39 is 0 Å². The van der Waals surface area contributed by atoms with E-state index in [1.165, 1.54) is 6.42 Å². The van der Waals surface area contributed by atoms with Crippen LogP contribution in [0.4, 0.5) is 5.69 Å². The van der Waals surface area contributed by atoms with Gasteiger partial charge in [0.25, 0.3) is 0 Å². The van der Waals surface area contributed by atoms with E-state index in [1.807, 2.05) is 13.0 Å². The quantitative estimate of drug-likeness (QED) is 0.774. The average molecular weight is 242 g/mol. The largest absolute Gasteiger partial charge is 0.490 e. The molecule has 0 radical (unpaired) electrons. The molecule has 0 saturated carbocycles. The predicted octanol–water partition coefficient (Wildman–Crippen LogP) is 1.91. The summed E-state index contributed by atoms with van der Waals surface area (Å²) in [5, 5.41) is 6.90. The van der Waals surface area contributed by atoms with Crippen LogP contribution in [-0.4, -0.2) is 30.7 Å². The molecule has 1 fully saturated rings. The maximum Gasteiger partial charge on any atom is 0.152 e. The van der Waals surface area contributed by atoms with Crippen molar-refractivity contribution in [3.05, 3.63) is 17.4 Å². The smallest absolute Gasteiger partial charge is 0.152 e. The molecule has 2 N–H and O–H groups in total. The second-order valence-electron chi connectivity index (χ2n) is 3.79. The number of anilines is 1. The van der Waals surface area contributed by atoms with Gasteiger partial charge in [-0.05, 0) is 19.9 Å². The third-order valence-electron chi connectivity index (χ3n) is 2.56. The van der Waals surface area contributed by atoms with Crippen molar-refractivity contribution in [2.45, 2.75) is 19.4 Å². The second kappa shape index (κ2) is 5.37. The number of rotatable bonds is 5. The Morgan fingerprint density at radius 1 is 1.69 bits per heavy atom. The highest BCUT2D eigenvalue weighted by Crippen LogP contribution is 2.24. The summed E-state index contributed by atoms with van der Waals surface area (Å²) in [7, 11) is 0. The molecule has 88 valence electrons. The lowest BCUT2D eigenvalue weighted by molar-refractivity contribution is 0.217. The fraction of sp³-hybridized carbons (Fsp3) is 0.545. The van der Waals surface area contributed by atoms with Crippen molar-refractivity contribution in [1.82, 2.24) is 10.3 Å². The summed E-state index contributed by atoms with van der Waals surface area (Å²) in [5.41, 5.74) is 0.822. The maximum atomic E-state index is 5.93. The highest BCUT2D eigenvalue weighted by Gasteiger charge is 2.16. The summed E-state index contributed by atoms with van der Waals surface area (Å²) in [4.78, 5) is 4.08. The minimum absolute atomic E-state index is 0.482. The summed E-state index contributed by atoms with van der Waals surface area (Å²) in [6.07, 6.45) is 2.84. The number of hydrogen-bond acceptors (Lipinski definition) is 4. The van der Waals surface area contributed by atoms with Crippen LogP contribution in [0.2, 0.25) is 5.15 Å². The minimum atomic E-state index is 0.482. The fourth-order valence-electron chi connectivity index (χ4n) is 1.51. The zero-order valence-electron chi connectivity index (χ0n) is 9.29. The van der Waals surface area contributed by atoms with Gasteiger partial charge < -0.3 is 15.4 Å². The van der Waals surface area contributed by atoms with Gasteiger partial charge in [0.1, 0.15) is 12.4 Å². The Labute approximate surface area is 100 Å². The molecule has 1 atom stereocenters. The molecule has 16 heavy (non-hydrogen) atoms. The van der Waals surface area contributed by atoms with Crippen molar-refractivity contribution in [3.63, 3.8) is 0 Å². The van der Waals surface area contributed by atoms with Crippen molar-refractivity contribution in [3.8, 4) is 5.75 Å². The van der Waals surface area contributed by atoms with Crippen molar-refractivity contribution in [2.24, 2.45) is 0 Å². The lowest BCUT2D eigenvalue weighted by atomic mass is 10.1. The molecule has 1 saturated heterocycles. The molecule has 2 heterocycles. The Kier molecular flexibility index (Phi) is 3.85. The number of nitrogens with one attached hydrogen (secondary N) is 2. The normalized spacial score (nSPS) is 19.0. The number of halogens is 1. The SMILES string of the molecule is CCNc1cc(OC[C@@H]2CCN2)cnc1Cl. The van der Waals surface area contributed by atoms with Crippen molar-refractivity contribution < 1.29 is 4.74 Å². The Balaban J connectivity index is 1.94. The third kappa shape index (κ3) is 2.77. The first kappa shape index (κ1) is 11.5. The number of ether oxygens (including phenoxy) is 1. The number of nitrogens with zero attached hydrogens (tertiary/aromatic N) is 1. The molecule has 0 aromatic carbocycles. The highest BCUT2D eigenvalue weighted by molar-refractivity contribution is 6.32. The van der Waals surface area contributed by atoms with E-state index in [2.05, 4.69) is 15.6 Å². The molecule has 1 aliphatic rings. The zero-order chi connectivity index (χ0) is 11.4. The van der Waals surface area contributed by atoms with Crippen LogP contribution in [0.25, 0.3) is 0 Å².